The van der Waals surface area contributed by atoms with Gasteiger partial charge >= 0.3 is 0 Å². The van der Waals surface area contributed by atoms with E-state index in [1.165, 1.54) is 16.4 Å². The molecule has 2 aliphatic rings. The number of halogens is 1. The van der Waals surface area contributed by atoms with Gasteiger partial charge in [0.1, 0.15) is 12.4 Å². The molecule has 0 radical (unpaired) electrons. The molecule has 11 heteroatoms. The monoisotopic (exact) mass is 474 g/mol. The summed E-state index contributed by atoms with van der Waals surface area (Å²) in [6, 6.07) is 11.2. The SMILES string of the molecule is O=C(CN1C(=O)c2ccccc2C1=O)NCCN1CCN(S(=O)(=O)c2ccc(F)cc2)CC1. The Balaban J connectivity index is 1.21. The second kappa shape index (κ2) is 9.38. The Morgan fingerprint density at radius 1 is 0.909 bits per heavy atom. The van der Waals surface area contributed by atoms with Gasteiger partial charge in [-0.1, -0.05) is 12.1 Å². The van der Waals surface area contributed by atoms with Gasteiger partial charge in [0.2, 0.25) is 15.9 Å². The van der Waals surface area contributed by atoms with Crippen molar-refractivity contribution in [3.63, 3.8) is 0 Å². The Bertz CT molecular complexity index is 1140. The van der Waals surface area contributed by atoms with Gasteiger partial charge in [0.25, 0.3) is 11.8 Å². The number of amides is 3. The molecule has 2 heterocycles. The second-order valence-electron chi connectivity index (χ2n) is 7.79. The molecule has 1 fully saturated rings. The van der Waals surface area contributed by atoms with Gasteiger partial charge < -0.3 is 5.32 Å². The summed E-state index contributed by atoms with van der Waals surface area (Å²) in [7, 11) is -3.68. The predicted octanol–water partition coefficient (Wildman–Crippen LogP) is 0.544. The van der Waals surface area contributed by atoms with E-state index < -0.39 is 33.6 Å². The van der Waals surface area contributed by atoms with Crippen LogP contribution in [0.15, 0.2) is 53.4 Å². The highest BCUT2D eigenvalue weighted by Gasteiger charge is 2.36. The van der Waals surface area contributed by atoms with Crippen molar-refractivity contribution >= 4 is 27.7 Å². The number of nitrogens with zero attached hydrogens (tertiary/aromatic N) is 3. The highest BCUT2D eigenvalue weighted by molar-refractivity contribution is 7.89. The molecule has 0 aliphatic carbocycles. The third kappa shape index (κ3) is 4.80. The van der Waals surface area contributed by atoms with Crippen LogP contribution in [0.25, 0.3) is 0 Å². The van der Waals surface area contributed by atoms with Crippen LogP contribution in [0.2, 0.25) is 0 Å². The normalized spacial score (nSPS) is 17.3. The first-order valence-corrected chi connectivity index (χ1v) is 11.9. The molecule has 9 nitrogen and oxygen atoms in total. The lowest BCUT2D eigenvalue weighted by atomic mass is 10.1. The zero-order valence-corrected chi connectivity index (χ0v) is 18.6. The quantitative estimate of drug-likeness (QED) is 0.588. The van der Waals surface area contributed by atoms with Crippen LogP contribution in [-0.2, 0) is 14.8 Å². The van der Waals surface area contributed by atoms with Crippen molar-refractivity contribution in [1.82, 2.24) is 19.4 Å². The van der Waals surface area contributed by atoms with Gasteiger partial charge in [-0.3, -0.25) is 24.2 Å². The van der Waals surface area contributed by atoms with E-state index in [-0.39, 0.29) is 24.5 Å². The molecule has 0 aromatic heterocycles. The molecule has 2 aromatic carbocycles. The number of hydrogen-bond donors (Lipinski definition) is 1. The number of sulfonamides is 1. The van der Waals surface area contributed by atoms with E-state index in [0.717, 1.165) is 17.0 Å². The van der Waals surface area contributed by atoms with Crippen molar-refractivity contribution in [2.24, 2.45) is 0 Å². The molecule has 2 aromatic rings. The Hall–Kier alpha value is -3.15. The van der Waals surface area contributed by atoms with E-state index in [1.807, 2.05) is 4.90 Å². The molecule has 1 saturated heterocycles. The Labute approximate surface area is 190 Å². The van der Waals surface area contributed by atoms with Crippen LogP contribution in [0, 0.1) is 5.82 Å². The fourth-order valence-electron chi connectivity index (χ4n) is 3.88. The van der Waals surface area contributed by atoms with E-state index in [2.05, 4.69) is 5.32 Å². The number of piperazine rings is 1. The molecule has 0 saturated carbocycles. The van der Waals surface area contributed by atoms with E-state index in [9.17, 15) is 27.2 Å². The van der Waals surface area contributed by atoms with Gasteiger partial charge in [0, 0.05) is 39.3 Å². The lowest BCUT2D eigenvalue weighted by molar-refractivity contribution is -0.121. The standard InChI is InChI=1S/C22H23FN4O5S/c23-16-5-7-17(8-6-16)33(31,32)26-13-11-25(12-14-26)10-9-24-20(28)15-27-21(29)18-3-1-2-4-19(18)22(27)30/h1-8H,9-15H2,(H,24,28). The Morgan fingerprint density at radius 3 is 2.06 bits per heavy atom. The van der Waals surface area contributed by atoms with Crippen molar-refractivity contribution in [2.75, 3.05) is 45.8 Å². The van der Waals surface area contributed by atoms with Crippen LogP contribution in [0.4, 0.5) is 4.39 Å². The number of benzene rings is 2. The number of carbonyl (C=O) groups excluding carboxylic acids is 3. The predicted molar refractivity (Wildman–Crippen MR) is 116 cm³/mol. The highest BCUT2D eigenvalue weighted by Crippen LogP contribution is 2.22. The lowest BCUT2D eigenvalue weighted by Crippen LogP contribution is -2.50. The Kier molecular flexibility index (Phi) is 6.54. The largest absolute Gasteiger partial charge is 0.353 e. The molecule has 174 valence electrons. The third-order valence-corrected chi connectivity index (χ3v) is 7.63. The summed E-state index contributed by atoms with van der Waals surface area (Å²) in [4.78, 5) is 39.9. The molecule has 3 amide bonds. The second-order valence-corrected chi connectivity index (χ2v) is 9.73. The Morgan fingerprint density at radius 2 is 1.48 bits per heavy atom. The van der Waals surface area contributed by atoms with Gasteiger partial charge in [-0.05, 0) is 36.4 Å². The first-order valence-electron chi connectivity index (χ1n) is 10.5. The molecule has 0 unspecified atom stereocenters. The zero-order valence-electron chi connectivity index (χ0n) is 17.7. The van der Waals surface area contributed by atoms with Crippen molar-refractivity contribution in [3.8, 4) is 0 Å². The van der Waals surface area contributed by atoms with Gasteiger partial charge in [-0.15, -0.1) is 0 Å². The summed E-state index contributed by atoms with van der Waals surface area (Å²) < 4.78 is 39.8. The topological polar surface area (TPSA) is 107 Å². The average Bonchev–Trinajstić information content (AvgIpc) is 3.05. The number of carbonyl (C=O) groups is 3. The zero-order chi connectivity index (χ0) is 23.6. The van der Waals surface area contributed by atoms with Crippen LogP contribution in [0.1, 0.15) is 20.7 Å². The molecular formula is C22H23FN4O5S. The number of imide groups is 1. The van der Waals surface area contributed by atoms with Crippen LogP contribution in [0.3, 0.4) is 0 Å². The van der Waals surface area contributed by atoms with Crippen molar-refractivity contribution in [2.45, 2.75) is 4.90 Å². The summed E-state index contributed by atoms with van der Waals surface area (Å²) in [5.74, 6) is -1.90. The number of fused-ring (bicyclic) bond motifs is 1. The summed E-state index contributed by atoms with van der Waals surface area (Å²) in [5, 5.41) is 2.70. The van der Waals surface area contributed by atoms with Gasteiger partial charge in [-0.2, -0.15) is 4.31 Å². The molecule has 0 spiro atoms. The average molecular weight is 475 g/mol. The maximum absolute atomic E-state index is 13.1. The number of rotatable bonds is 7. The van der Waals surface area contributed by atoms with Crippen LogP contribution >= 0.6 is 0 Å². The minimum absolute atomic E-state index is 0.0535. The summed E-state index contributed by atoms with van der Waals surface area (Å²) >= 11 is 0. The fraction of sp³-hybridized carbons (Fsp3) is 0.318. The van der Waals surface area contributed by atoms with E-state index >= 15 is 0 Å². The summed E-state index contributed by atoms with van der Waals surface area (Å²) in [5.41, 5.74) is 0.590. The van der Waals surface area contributed by atoms with Gasteiger partial charge in [0.15, 0.2) is 0 Å². The fourth-order valence-corrected chi connectivity index (χ4v) is 5.31. The third-order valence-electron chi connectivity index (χ3n) is 5.71. The molecule has 1 N–H and O–H groups in total. The molecule has 0 bridgehead atoms. The first kappa shape index (κ1) is 23.0. The van der Waals surface area contributed by atoms with E-state index in [0.29, 0.717) is 37.3 Å². The molecule has 4 rings (SSSR count). The van der Waals surface area contributed by atoms with Crippen LogP contribution < -0.4 is 5.32 Å². The van der Waals surface area contributed by atoms with E-state index in [4.69, 9.17) is 0 Å². The minimum atomic E-state index is -3.68. The number of hydrogen-bond acceptors (Lipinski definition) is 6. The maximum Gasteiger partial charge on any atom is 0.262 e. The minimum Gasteiger partial charge on any atom is -0.353 e. The molecule has 2 aliphatic heterocycles. The maximum atomic E-state index is 13.1. The van der Waals surface area contributed by atoms with E-state index in [1.54, 1.807) is 24.3 Å². The highest BCUT2D eigenvalue weighted by atomic mass is 32.2. The van der Waals surface area contributed by atoms with Crippen LogP contribution in [-0.4, -0.2) is 86.1 Å². The first-order chi connectivity index (χ1) is 15.8. The molecule has 33 heavy (non-hydrogen) atoms. The van der Waals surface area contributed by atoms with Crippen LogP contribution in [0.5, 0.6) is 0 Å². The smallest absolute Gasteiger partial charge is 0.262 e. The van der Waals surface area contributed by atoms with Crippen molar-refractivity contribution in [3.05, 3.63) is 65.5 Å². The van der Waals surface area contributed by atoms with Gasteiger partial charge in [0.05, 0.1) is 16.0 Å². The number of nitrogens with one attached hydrogen (secondary N) is 1. The molecule has 0 atom stereocenters. The lowest BCUT2D eigenvalue weighted by Gasteiger charge is -2.34. The summed E-state index contributed by atoms with van der Waals surface area (Å²) in [6.07, 6.45) is 0. The molecular weight excluding hydrogens is 451 g/mol. The van der Waals surface area contributed by atoms with Crippen molar-refractivity contribution < 1.29 is 27.2 Å². The summed E-state index contributed by atoms with van der Waals surface area (Å²) in [6.45, 7) is 1.97. The van der Waals surface area contributed by atoms with Crippen molar-refractivity contribution in [1.29, 1.82) is 0 Å². The van der Waals surface area contributed by atoms with Gasteiger partial charge in [-0.25, -0.2) is 12.8 Å².